The lowest BCUT2D eigenvalue weighted by molar-refractivity contribution is 0.579. The lowest BCUT2D eigenvalue weighted by atomic mass is 10.2. The molecule has 1 saturated heterocycles. The van der Waals surface area contributed by atoms with E-state index in [1.807, 2.05) is 23.1 Å². The molecule has 0 saturated carbocycles. The van der Waals surface area contributed by atoms with Gasteiger partial charge in [0.05, 0.1) is 23.8 Å². The maximum atomic E-state index is 13.3. The molecule has 1 fully saturated rings. The molecule has 0 aliphatic carbocycles. The van der Waals surface area contributed by atoms with E-state index in [1.165, 1.54) is 12.4 Å². The summed E-state index contributed by atoms with van der Waals surface area (Å²) in [5.41, 5.74) is 0.182. The molecule has 0 atom stereocenters. The van der Waals surface area contributed by atoms with Crippen LogP contribution in [-0.2, 0) is 15.8 Å². The van der Waals surface area contributed by atoms with Gasteiger partial charge in [-0.15, -0.1) is 0 Å². The van der Waals surface area contributed by atoms with Gasteiger partial charge < -0.3 is 9.80 Å². The predicted octanol–water partition coefficient (Wildman–Crippen LogP) is 2.42. The molecule has 3 heterocycles. The number of aromatic nitrogens is 3. The lowest BCUT2D eigenvalue weighted by Crippen LogP contribution is -2.47. The highest BCUT2D eigenvalue weighted by Crippen LogP contribution is 2.18. The number of rotatable bonds is 6. The van der Waals surface area contributed by atoms with Gasteiger partial charge in [0.15, 0.2) is 0 Å². The number of hydrogen-bond donors (Lipinski definition) is 1. The van der Waals surface area contributed by atoms with Crippen LogP contribution in [0.2, 0.25) is 0 Å². The van der Waals surface area contributed by atoms with E-state index in [0.29, 0.717) is 25.1 Å². The maximum absolute atomic E-state index is 13.3. The summed E-state index contributed by atoms with van der Waals surface area (Å²) < 4.78 is 53.5. The van der Waals surface area contributed by atoms with Gasteiger partial charge in [0.25, 0.3) is 0 Å². The van der Waals surface area contributed by atoms with Crippen LogP contribution in [0, 0.1) is 11.6 Å². The Balaban J connectivity index is 1.36. The van der Waals surface area contributed by atoms with Crippen LogP contribution in [0.5, 0.6) is 0 Å². The number of piperazine rings is 1. The van der Waals surface area contributed by atoms with Gasteiger partial charge in [-0.25, -0.2) is 32.2 Å². The minimum Gasteiger partial charge on any atom is -0.353 e. The quantitative estimate of drug-likeness (QED) is 0.622. The molecule has 162 valence electrons. The van der Waals surface area contributed by atoms with Crippen molar-refractivity contribution in [2.45, 2.75) is 5.75 Å². The molecule has 1 aromatic carbocycles. The van der Waals surface area contributed by atoms with E-state index >= 15 is 0 Å². The molecule has 0 spiro atoms. The Morgan fingerprint density at radius 2 is 1.55 bits per heavy atom. The highest BCUT2D eigenvalue weighted by molar-refractivity contribution is 7.91. The first-order valence-electron chi connectivity index (χ1n) is 9.56. The largest absolute Gasteiger partial charge is 0.353 e. The number of halogens is 2. The number of nitrogens with zero attached hydrogens (tertiary/aromatic N) is 5. The zero-order valence-corrected chi connectivity index (χ0v) is 17.3. The normalized spacial score (nSPS) is 14.5. The van der Waals surface area contributed by atoms with E-state index in [0.717, 1.165) is 31.0 Å². The van der Waals surface area contributed by atoms with Crippen LogP contribution in [0.1, 0.15) is 5.56 Å². The number of anilines is 3. The maximum Gasteiger partial charge on any atom is 0.237 e. The molecule has 0 amide bonds. The Morgan fingerprint density at radius 3 is 2.16 bits per heavy atom. The molecule has 2 aromatic heterocycles. The van der Waals surface area contributed by atoms with Crippen molar-refractivity contribution in [1.29, 1.82) is 0 Å². The van der Waals surface area contributed by atoms with E-state index < -0.39 is 27.4 Å². The molecule has 0 unspecified atom stereocenters. The summed E-state index contributed by atoms with van der Waals surface area (Å²) in [6.45, 7) is 2.93. The Bertz CT molecular complexity index is 1120. The first-order valence-corrected chi connectivity index (χ1v) is 11.2. The number of benzene rings is 1. The highest BCUT2D eigenvalue weighted by Gasteiger charge is 2.20. The molecule has 8 nitrogen and oxygen atoms in total. The molecule has 1 aliphatic heterocycles. The Kier molecular flexibility index (Phi) is 5.94. The average molecular weight is 446 g/mol. The van der Waals surface area contributed by atoms with Crippen LogP contribution in [0.15, 0.2) is 55.0 Å². The Morgan fingerprint density at radius 1 is 0.903 bits per heavy atom. The fraction of sp³-hybridized carbons (Fsp3) is 0.250. The van der Waals surface area contributed by atoms with Crippen molar-refractivity contribution >= 4 is 27.5 Å². The third-order valence-electron chi connectivity index (χ3n) is 4.73. The van der Waals surface area contributed by atoms with Crippen molar-refractivity contribution in [2.24, 2.45) is 0 Å². The molecule has 4 rings (SSSR count). The van der Waals surface area contributed by atoms with Crippen LogP contribution < -0.4 is 14.5 Å². The van der Waals surface area contributed by atoms with E-state index in [2.05, 4.69) is 24.6 Å². The highest BCUT2D eigenvalue weighted by atomic mass is 32.2. The van der Waals surface area contributed by atoms with Gasteiger partial charge in [0, 0.05) is 38.4 Å². The van der Waals surface area contributed by atoms with Gasteiger partial charge in [-0.05, 0) is 29.8 Å². The molecular weight excluding hydrogens is 426 g/mol. The molecule has 11 heteroatoms. The van der Waals surface area contributed by atoms with Crippen molar-refractivity contribution in [3.63, 3.8) is 0 Å². The summed E-state index contributed by atoms with van der Waals surface area (Å²) in [6.07, 6.45) is 4.50. The molecule has 0 bridgehead atoms. The number of hydrogen-bond acceptors (Lipinski definition) is 7. The monoisotopic (exact) mass is 446 g/mol. The minimum atomic E-state index is -3.89. The van der Waals surface area contributed by atoms with Crippen LogP contribution in [0.25, 0.3) is 0 Å². The third kappa shape index (κ3) is 5.43. The molecule has 1 N–H and O–H groups in total. The lowest BCUT2D eigenvalue weighted by Gasteiger charge is -2.35. The molecular formula is C20H20F2N6O2S. The Hall–Kier alpha value is -3.34. The first kappa shape index (κ1) is 20.9. The predicted molar refractivity (Wildman–Crippen MR) is 113 cm³/mol. The molecule has 3 aromatic rings. The smallest absolute Gasteiger partial charge is 0.237 e. The molecule has 1 aliphatic rings. The van der Waals surface area contributed by atoms with Gasteiger partial charge >= 0.3 is 0 Å². The second kappa shape index (κ2) is 8.80. The van der Waals surface area contributed by atoms with Gasteiger partial charge in [0.2, 0.25) is 16.0 Å². The van der Waals surface area contributed by atoms with Crippen molar-refractivity contribution in [3.8, 4) is 0 Å². The number of nitrogens with one attached hydrogen (secondary N) is 1. The Labute approximate surface area is 178 Å². The van der Waals surface area contributed by atoms with E-state index in [1.54, 1.807) is 6.20 Å². The van der Waals surface area contributed by atoms with Crippen LogP contribution in [0.4, 0.5) is 26.2 Å². The standard InChI is InChI=1S/C20H20F2N6O2S/c21-16-9-15(10-17(22)11-16)14-31(29,30)26-18-12-24-20(25-13-18)28-7-5-27(6-8-28)19-3-1-2-4-23-19/h1-4,9-13,26H,5-8,14H2. The summed E-state index contributed by atoms with van der Waals surface area (Å²) in [7, 11) is -3.89. The van der Waals surface area contributed by atoms with Crippen LogP contribution in [-0.4, -0.2) is 49.5 Å². The van der Waals surface area contributed by atoms with Crippen molar-refractivity contribution in [3.05, 3.63) is 72.2 Å². The van der Waals surface area contributed by atoms with Crippen LogP contribution >= 0.6 is 0 Å². The van der Waals surface area contributed by atoms with Crippen molar-refractivity contribution in [2.75, 3.05) is 40.7 Å². The van der Waals surface area contributed by atoms with Gasteiger partial charge in [-0.1, -0.05) is 6.07 Å². The zero-order chi connectivity index (χ0) is 21.8. The number of pyridine rings is 1. The molecule has 0 radical (unpaired) electrons. The topological polar surface area (TPSA) is 91.3 Å². The summed E-state index contributed by atoms with van der Waals surface area (Å²) in [5.74, 6) is -0.817. The second-order valence-electron chi connectivity index (χ2n) is 7.07. The van der Waals surface area contributed by atoms with Crippen LogP contribution in [0.3, 0.4) is 0 Å². The van der Waals surface area contributed by atoms with E-state index in [-0.39, 0.29) is 11.3 Å². The summed E-state index contributed by atoms with van der Waals surface area (Å²) in [4.78, 5) is 17.0. The SMILES string of the molecule is O=S(=O)(Cc1cc(F)cc(F)c1)Nc1cnc(N2CCN(c3ccccn3)CC2)nc1. The minimum absolute atomic E-state index is 0.00770. The summed E-state index contributed by atoms with van der Waals surface area (Å²) >= 11 is 0. The number of sulfonamides is 1. The summed E-state index contributed by atoms with van der Waals surface area (Å²) in [5, 5.41) is 0. The van der Waals surface area contributed by atoms with Crippen molar-refractivity contribution < 1.29 is 17.2 Å². The van der Waals surface area contributed by atoms with E-state index in [9.17, 15) is 17.2 Å². The second-order valence-corrected chi connectivity index (χ2v) is 8.79. The average Bonchev–Trinajstić information content (AvgIpc) is 2.74. The summed E-state index contributed by atoms with van der Waals surface area (Å²) in [6, 6.07) is 8.43. The van der Waals surface area contributed by atoms with E-state index in [4.69, 9.17) is 0 Å². The first-order chi connectivity index (χ1) is 14.9. The third-order valence-corrected chi connectivity index (χ3v) is 5.99. The van der Waals surface area contributed by atoms with Crippen molar-refractivity contribution in [1.82, 2.24) is 15.0 Å². The fourth-order valence-electron chi connectivity index (χ4n) is 3.34. The molecule has 31 heavy (non-hydrogen) atoms. The van der Waals surface area contributed by atoms with Gasteiger partial charge in [-0.2, -0.15) is 0 Å². The van der Waals surface area contributed by atoms with Gasteiger partial charge in [0.1, 0.15) is 17.5 Å². The zero-order valence-electron chi connectivity index (χ0n) is 16.4. The van der Waals surface area contributed by atoms with Gasteiger partial charge in [-0.3, -0.25) is 4.72 Å². The fourth-order valence-corrected chi connectivity index (χ4v) is 4.49.